The smallest absolute Gasteiger partial charge is 0.227 e. The van der Waals surface area contributed by atoms with Gasteiger partial charge in [0.15, 0.2) is 11.6 Å². The molecule has 3 rings (SSSR count). The molecule has 0 saturated heterocycles. The van der Waals surface area contributed by atoms with Gasteiger partial charge in [-0.3, -0.25) is 4.79 Å². The molecule has 1 atom stereocenters. The van der Waals surface area contributed by atoms with Gasteiger partial charge in [0.1, 0.15) is 12.4 Å². The summed E-state index contributed by atoms with van der Waals surface area (Å²) >= 11 is 0. The molecule has 1 aliphatic heterocycles. The molecule has 0 saturated carbocycles. The van der Waals surface area contributed by atoms with E-state index in [1.165, 1.54) is 12.1 Å². The molecule has 1 amide bonds. The van der Waals surface area contributed by atoms with Crippen LogP contribution in [0.4, 0.5) is 4.39 Å². The molecule has 0 radical (unpaired) electrons. The average molecular weight is 332 g/mol. The number of halogens is 1. The molecule has 24 heavy (non-hydrogen) atoms. The van der Waals surface area contributed by atoms with Gasteiger partial charge in [0.25, 0.3) is 0 Å². The van der Waals surface area contributed by atoms with Crippen LogP contribution < -0.4 is 0 Å². The Balaban J connectivity index is 1.71. The summed E-state index contributed by atoms with van der Waals surface area (Å²) in [6.07, 6.45) is 0.255. The summed E-state index contributed by atoms with van der Waals surface area (Å²) in [5, 5.41) is 8.41. The zero-order valence-electron chi connectivity index (χ0n) is 13.9. The van der Waals surface area contributed by atoms with Crippen LogP contribution in [0.15, 0.2) is 24.3 Å². The van der Waals surface area contributed by atoms with Crippen LogP contribution in [0.2, 0.25) is 0 Å². The van der Waals surface area contributed by atoms with E-state index >= 15 is 0 Å². The predicted octanol–water partition coefficient (Wildman–Crippen LogP) is 2.10. The number of ether oxygens (including phenoxy) is 1. The van der Waals surface area contributed by atoms with Crippen molar-refractivity contribution in [2.45, 2.75) is 39.5 Å². The maximum atomic E-state index is 13.0. The summed E-state index contributed by atoms with van der Waals surface area (Å²) in [7, 11) is 0. The predicted molar refractivity (Wildman–Crippen MR) is 85.6 cm³/mol. The largest absolute Gasteiger partial charge is 0.374 e. The van der Waals surface area contributed by atoms with Gasteiger partial charge in [0.2, 0.25) is 5.91 Å². The van der Waals surface area contributed by atoms with Crippen LogP contribution in [-0.4, -0.2) is 38.7 Å². The highest BCUT2D eigenvalue weighted by Gasteiger charge is 2.31. The van der Waals surface area contributed by atoms with Crippen molar-refractivity contribution in [1.29, 1.82) is 0 Å². The average Bonchev–Trinajstić information content (AvgIpc) is 2.99. The van der Waals surface area contributed by atoms with Crippen LogP contribution in [0.1, 0.15) is 37.1 Å². The SMILES string of the molecule is CCOCc1nnc2n1CCN(C(=O)Cc1ccc(F)cc1)[C@@H]2C. The van der Waals surface area contributed by atoms with Gasteiger partial charge in [-0.2, -0.15) is 0 Å². The molecule has 0 unspecified atom stereocenters. The molecule has 0 fully saturated rings. The summed E-state index contributed by atoms with van der Waals surface area (Å²) in [4.78, 5) is 14.4. The number of carbonyl (C=O) groups excluding carboxylic acids is 1. The van der Waals surface area contributed by atoms with Gasteiger partial charge < -0.3 is 14.2 Å². The van der Waals surface area contributed by atoms with Crippen LogP contribution in [0.3, 0.4) is 0 Å². The number of benzene rings is 1. The fourth-order valence-corrected chi connectivity index (χ4v) is 2.96. The highest BCUT2D eigenvalue weighted by molar-refractivity contribution is 5.79. The first-order valence-corrected chi connectivity index (χ1v) is 8.13. The first kappa shape index (κ1) is 16.6. The summed E-state index contributed by atoms with van der Waals surface area (Å²) in [5.41, 5.74) is 0.803. The number of hydrogen-bond donors (Lipinski definition) is 0. The number of carbonyl (C=O) groups is 1. The van der Waals surface area contributed by atoms with Gasteiger partial charge in [0, 0.05) is 19.7 Å². The Labute approximate surface area is 140 Å². The standard InChI is InChI=1S/C17H21FN4O2/c1-3-24-11-15-19-20-17-12(2)21(8-9-22(15)17)16(23)10-13-4-6-14(18)7-5-13/h4-7,12H,3,8-11H2,1-2H3/t12-/m1/s1. The molecular weight excluding hydrogens is 311 g/mol. The van der Waals surface area contributed by atoms with E-state index in [9.17, 15) is 9.18 Å². The number of hydrogen-bond acceptors (Lipinski definition) is 4. The molecular formula is C17H21FN4O2. The third-order valence-electron chi connectivity index (χ3n) is 4.29. The normalized spacial score (nSPS) is 17.0. The molecule has 7 heteroatoms. The van der Waals surface area contributed by atoms with Crippen molar-refractivity contribution < 1.29 is 13.9 Å². The van der Waals surface area contributed by atoms with E-state index in [0.717, 1.165) is 17.2 Å². The van der Waals surface area contributed by atoms with Crippen molar-refractivity contribution in [2.75, 3.05) is 13.2 Å². The van der Waals surface area contributed by atoms with E-state index in [4.69, 9.17) is 4.74 Å². The Morgan fingerprint density at radius 2 is 2.04 bits per heavy atom. The number of aromatic nitrogens is 3. The molecule has 0 bridgehead atoms. The van der Waals surface area contributed by atoms with Gasteiger partial charge in [-0.05, 0) is 31.5 Å². The van der Waals surface area contributed by atoms with Gasteiger partial charge in [0.05, 0.1) is 12.5 Å². The maximum absolute atomic E-state index is 13.0. The minimum atomic E-state index is -0.299. The van der Waals surface area contributed by atoms with Crippen molar-refractivity contribution >= 4 is 5.91 Å². The monoisotopic (exact) mass is 332 g/mol. The van der Waals surface area contributed by atoms with Crippen molar-refractivity contribution in [1.82, 2.24) is 19.7 Å². The Kier molecular flexibility index (Phi) is 4.89. The summed E-state index contributed by atoms with van der Waals surface area (Å²) in [5.74, 6) is 1.29. The van der Waals surface area contributed by atoms with E-state index in [1.54, 1.807) is 17.0 Å². The lowest BCUT2D eigenvalue weighted by molar-refractivity contribution is -0.133. The van der Waals surface area contributed by atoms with Crippen molar-refractivity contribution in [2.24, 2.45) is 0 Å². The van der Waals surface area contributed by atoms with E-state index < -0.39 is 0 Å². The van der Waals surface area contributed by atoms with E-state index in [1.807, 2.05) is 18.4 Å². The minimum absolute atomic E-state index is 0.00900. The zero-order chi connectivity index (χ0) is 17.1. The third kappa shape index (κ3) is 3.31. The number of rotatable bonds is 5. The fourth-order valence-electron chi connectivity index (χ4n) is 2.96. The second-order valence-corrected chi connectivity index (χ2v) is 5.83. The van der Waals surface area contributed by atoms with Crippen molar-refractivity contribution in [3.63, 3.8) is 0 Å². The molecule has 2 heterocycles. The maximum Gasteiger partial charge on any atom is 0.227 e. The number of amides is 1. The lowest BCUT2D eigenvalue weighted by Gasteiger charge is -2.33. The van der Waals surface area contributed by atoms with Crippen LogP contribution in [0.5, 0.6) is 0 Å². The lowest BCUT2D eigenvalue weighted by atomic mass is 10.1. The van der Waals surface area contributed by atoms with Gasteiger partial charge >= 0.3 is 0 Å². The molecule has 1 aliphatic rings. The molecule has 6 nitrogen and oxygen atoms in total. The van der Waals surface area contributed by atoms with E-state index in [0.29, 0.717) is 26.3 Å². The summed E-state index contributed by atoms with van der Waals surface area (Å²) in [6, 6.07) is 5.89. The van der Waals surface area contributed by atoms with Gasteiger partial charge in [-0.15, -0.1) is 10.2 Å². The highest BCUT2D eigenvalue weighted by Crippen LogP contribution is 2.25. The Morgan fingerprint density at radius 1 is 1.29 bits per heavy atom. The second-order valence-electron chi connectivity index (χ2n) is 5.83. The Hall–Kier alpha value is -2.28. The van der Waals surface area contributed by atoms with Crippen molar-refractivity contribution in [3.8, 4) is 0 Å². The molecule has 1 aromatic carbocycles. The van der Waals surface area contributed by atoms with E-state index in [-0.39, 0.29) is 24.2 Å². The van der Waals surface area contributed by atoms with E-state index in [2.05, 4.69) is 10.2 Å². The topological polar surface area (TPSA) is 60.3 Å². The van der Waals surface area contributed by atoms with Crippen LogP contribution in [0, 0.1) is 5.82 Å². The molecule has 1 aromatic heterocycles. The van der Waals surface area contributed by atoms with Crippen LogP contribution in [-0.2, 0) is 29.1 Å². The molecule has 0 aliphatic carbocycles. The van der Waals surface area contributed by atoms with Crippen molar-refractivity contribution in [3.05, 3.63) is 47.3 Å². The van der Waals surface area contributed by atoms with Crippen LogP contribution in [0.25, 0.3) is 0 Å². The first-order valence-electron chi connectivity index (χ1n) is 8.13. The molecule has 0 N–H and O–H groups in total. The molecule has 2 aromatic rings. The lowest BCUT2D eigenvalue weighted by Crippen LogP contribution is -2.42. The molecule has 128 valence electrons. The number of fused-ring (bicyclic) bond motifs is 1. The fraction of sp³-hybridized carbons (Fsp3) is 0.471. The Morgan fingerprint density at radius 3 is 2.75 bits per heavy atom. The van der Waals surface area contributed by atoms with Gasteiger partial charge in [-0.1, -0.05) is 12.1 Å². The summed E-state index contributed by atoms with van der Waals surface area (Å²) in [6.45, 7) is 6.20. The van der Waals surface area contributed by atoms with Gasteiger partial charge in [-0.25, -0.2) is 4.39 Å². The van der Waals surface area contributed by atoms with Crippen LogP contribution >= 0.6 is 0 Å². The minimum Gasteiger partial charge on any atom is -0.374 e. The number of nitrogens with zero attached hydrogens (tertiary/aromatic N) is 4. The molecule has 0 spiro atoms. The first-order chi connectivity index (χ1) is 11.6. The quantitative estimate of drug-likeness (QED) is 0.841. The second kappa shape index (κ2) is 7.09. The zero-order valence-corrected chi connectivity index (χ0v) is 13.9. The third-order valence-corrected chi connectivity index (χ3v) is 4.29. The summed E-state index contributed by atoms with van der Waals surface area (Å²) < 4.78 is 20.4. The Bertz CT molecular complexity index is 714. The highest BCUT2D eigenvalue weighted by atomic mass is 19.1.